The zero-order valence-corrected chi connectivity index (χ0v) is 11.3. The first-order valence-electron chi connectivity index (χ1n) is 6.33. The van der Waals surface area contributed by atoms with E-state index in [0.717, 1.165) is 19.3 Å². The van der Waals surface area contributed by atoms with Gasteiger partial charge >= 0.3 is 0 Å². The van der Waals surface area contributed by atoms with Crippen LogP contribution in [0.4, 0.5) is 10.2 Å². The summed E-state index contributed by atoms with van der Waals surface area (Å²) in [7, 11) is 0. The summed E-state index contributed by atoms with van der Waals surface area (Å²) in [5.41, 5.74) is 0. The Balaban J connectivity index is 1.88. The monoisotopic (exact) mass is 272 g/mol. The van der Waals surface area contributed by atoms with Crippen molar-refractivity contribution in [3.63, 3.8) is 0 Å². The molecule has 2 heterocycles. The van der Waals surface area contributed by atoms with Gasteiger partial charge in [-0.2, -0.15) is 4.98 Å². The molecule has 1 aliphatic rings. The van der Waals surface area contributed by atoms with E-state index >= 15 is 0 Å². The molecule has 4 nitrogen and oxygen atoms in total. The number of nitrogens with zero attached hydrogens (tertiary/aromatic N) is 3. The van der Waals surface area contributed by atoms with E-state index in [1.807, 2.05) is 0 Å². The van der Waals surface area contributed by atoms with Crippen LogP contribution in [-0.4, -0.2) is 40.5 Å². The number of piperidine rings is 1. The Morgan fingerprint density at radius 3 is 2.89 bits per heavy atom. The second-order valence-electron chi connectivity index (χ2n) is 4.66. The normalized spacial score (nSPS) is 18.6. The van der Waals surface area contributed by atoms with E-state index in [2.05, 4.69) is 27.1 Å². The summed E-state index contributed by atoms with van der Waals surface area (Å²) in [5, 5.41) is 3.06. The maximum Gasteiger partial charge on any atom is 0.224 e. The van der Waals surface area contributed by atoms with Crippen molar-refractivity contribution in [3.05, 3.63) is 17.3 Å². The molecular weight excluding hydrogens is 255 g/mol. The molecule has 1 N–H and O–H groups in total. The fourth-order valence-electron chi connectivity index (χ4n) is 2.20. The summed E-state index contributed by atoms with van der Waals surface area (Å²) in [6.45, 7) is 5.04. The Hall–Kier alpha value is -0.940. The highest BCUT2D eigenvalue weighted by Crippen LogP contribution is 2.15. The van der Waals surface area contributed by atoms with Crippen LogP contribution in [0.2, 0.25) is 5.28 Å². The smallest absolute Gasteiger partial charge is 0.224 e. The fraction of sp³-hybridized carbons (Fsp3) is 0.667. The van der Waals surface area contributed by atoms with Gasteiger partial charge in [-0.05, 0) is 44.5 Å². The third-order valence-corrected chi connectivity index (χ3v) is 3.48. The van der Waals surface area contributed by atoms with E-state index in [4.69, 9.17) is 11.6 Å². The molecule has 1 fully saturated rings. The number of rotatable bonds is 4. The van der Waals surface area contributed by atoms with Gasteiger partial charge in [0, 0.05) is 12.6 Å². The Morgan fingerprint density at radius 2 is 2.17 bits per heavy atom. The SMILES string of the molecule is CC(CNc1nc(Cl)ncc1F)N1CCCCC1. The predicted octanol–water partition coefficient (Wildman–Crippen LogP) is 2.56. The van der Waals surface area contributed by atoms with Crippen LogP contribution in [0.15, 0.2) is 6.20 Å². The molecule has 0 aliphatic carbocycles. The van der Waals surface area contributed by atoms with Crippen LogP contribution in [0.1, 0.15) is 26.2 Å². The lowest BCUT2D eigenvalue weighted by atomic mass is 10.1. The molecule has 100 valence electrons. The molecule has 18 heavy (non-hydrogen) atoms. The number of nitrogens with one attached hydrogen (secondary N) is 1. The summed E-state index contributed by atoms with van der Waals surface area (Å²) < 4.78 is 13.4. The van der Waals surface area contributed by atoms with Gasteiger partial charge in [0.2, 0.25) is 5.28 Å². The molecule has 0 spiro atoms. The van der Waals surface area contributed by atoms with E-state index in [-0.39, 0.29) is 11.1 Å². The van der Waals surface area contributed by atoms with Crippen molar-refractivity contribution in [2.75, 3.05) is 25.0 Å². The van der Waals surface area contributed by atoms with Crippen molar-refractivity contribution in [1.82, 2.24) is 14.9 Å². The zero-order valence-electron chi connectivity index (χ0n) is 10.5. The Labute approximate surface area is 112 Å². The molecule has 2 rings (SSSR count). The first-order valence-corrected chi connectivity index (χ1v) is 6.70. The number of hydrogen-bond acceptors (Lipinski definition) is 4. The van der Waals surface area contributed by atoms with Gasteiger partial charge < -0.3 is 5.32 Å². The summed E-state index contributed by atoms with van der Waals surface area (Å²) in [5.74, 6) is -0.288. The van der Waals surface area contributed by atoms with Crippen LogP contribution < -0.4 is 5.32 Å². The second kappa shape index (κ2) is 6.29. The highest BCUT2D eigenvalue weighted by molar-refractivity contribution is 6.28. The average Bonchev–Trinajstić information content (AvgIpc) is 2.40. The highest BCUT2D eigenvalue weighted by Gasteiger charge is 2.17. The molecule has 1 aromatic heterocycles. The lowest BCUT2D eigenvalue weighted by molar-refractivity contribution is 0.180. The molecule has 0 radical (unpaired) electrons. The fourth-order valence-corrected chi connectivity index (χ4v) is 2.34. The van der Waals surface area contributed by atoms with Crippen molar-refractivity contribution >= 4 is 17.4 Å². The molecular formula is C12H18ClFN4. The summed E-state index contributed by atoms with van der Waals surface area (Å²) in [6.07, 6.45) is 4.89. The molecule has 0 amide bonds. The van der Waals surface area contributed by atoms with E-state index in [9.17, 15) is 4.39 Å². The summed E-state index contributed by atoms with van der Waals surface area (Å²) >= 11 is 5.64. The van der Waals surface area contributed by atoms with Crippen LogP contribution in [0.5, 0.6) is 0 Å². The van der Waals surface area contributed by atoms with Gasteiger partial charge in [0.25, 0.3) is 0 Å². The minimum Gasteiger partial charge on any atom is -0.366 e. The maximum atomic E-state index is 13.4. The lowest BCUT2D eigenvalue weighted by Gasteiger charge is -2.32. The van der Waals surface area contributed by atoms with Gasteiger partial charge in [-0.15, -0.1) is 0 Å². The lowest BCUT2D eigenvalue weighted by Crippen LogP contribution is -2.41. The topological polar surface area (TPSA) is 41.1 Å². The third-order valence-electron chi connectivity index (χ3n) is 3.29. The quantitative estimate of drug-likeness (QED) is 0.856. The number of aromatic nitrogens is 2. The zero-order chi connectivity index (χ0) is 13.0. The molecule has 0 aromatic carbocycles. The van der Waals surface area contributed by atoms with E-state index < -0.39 is 5.82 Å². The van der Waals surface area contributed by atoms with Crippen molar-refractivity contribution in [3.8, 4) is 0 Å². The minimum absolute atomic E-state index is 0.0597. The Bertz CT molecular complexity index is 396. The maximum absolute atomic E-state index is 13.4. The number of likely N-dealkylation sites (tertiary alicyclic amines) is 1. The van der Waals surface area contributed by atoms with Crippen molar-refractivity contribution in [2.24, 2.45) is 0 Å². The Morgan fingerprint density at radius 1 is 1.44 bits per heavy atom. The van der Waals surface area contributed by atoms with Gasteiger partial charge in [-0.25, -0.2) is 9.37 Å². The van der Waals surface area contributed by atoms with Crippen LogP contribution in [0, 0.1) is 5.82 Å². The van der Waals surface area contributed by atoms with E-state index in [1.54, 1.807) is 0 Å². The highest BCUT2D eigenvalue weighted by atomic mass is 35.5. The number of hydrogen-bond donors (Lipinski definition) is 1. The van der Waals surface area contributed by atoms with Crippen molar-refractivity contribution in [2.45, 2.75) is 32.2 Å². The van der Waals surface area contributed by atoms with Gasteiger partial charge in [0.05, 0.1) is 6.20 Å². The summed E-state index contributed by atoms with van der Waals surface area (Å²) in [6, 6.07) is 0.360. The second-order valence-corrected chi connectivity index (χ2v) is 5.00. The van der Waals surface area contributed by atoms with Gasteiger partial charge in [0.1, 0.15) is 0 Å². The molecule has 1 aliphatic heterocycles. The predicted molar refractivity (Wildman–Crippen MR) is 70.4 cm³/mol. The van der Waals surface area contributed by atoms with Gasteiger partial charge in [0.15, 0.2) is 11.6 Å². The summed E-state index contributed by atoms with van der Waals surface area (Å²) in [4.78, 5) is 9.84. The standard InChI is InChI=1S/C12H18ClFN4/c1-9(18-5-3-2-4-6-18)7-15-11-10(14)8-16-12(13)17-11/h8-9H,2-7H2,1H3,(H,15,16,17). The van der Waals surface area contributed by atoms with E-state index in [1.165, 1.54) is 19.3 Å². The number of anilines is 1. The third kappa shape index (κ3) is 3.53. The van der Waals surface area contributed by atoms with Crippen molar-refractivity contribution in [1.29, 1.82) is 0 Å². The first-order chi connectivity index (χ1) is 8.66. The van der Waals surface area contributed by atoms with Gasteiger partial charge in [-0.3, -0.25) is 4.90 Å². The average molecular weight is 273 g/mol. The largest absolute Gasteiger partial charge is 0.366 e. The van der Waals surface area contributed by atoms with E-state index in [0.29, 0.717) is 12.6 Å². The molecule has 0 saturated carbocycles. The van der Waals surface area contributed by atoms with Crippen LogP contribution >= 0.6 is 11.6 Å². The first kappa shape index (κ1) is 13.5. The van der Waals surface area contributed by atoms with Crippen LogP contribution in [0.3, 0.4) is 0 Å². The van der Waals surface area contributed by atoms with Crippen molar-refractivity contribution < 1.29 is 4.39 Å². The number of halogens is 2. The Kier molecular flexibility index (Phi) is 4.72. The molecule has 6 heteroatoms. The molecule has 1 aromatic rings. The van der Waals surface area contributed by atoms with Crippen LogP contribution in [0.25, 0.3) is 0 Å². The van der Waals surface area contributed by atoms with Gasteiger partial charge in [-0.1, -0.05) is 6.42 Å². The van der Waals surface area contributed by atoms with Crippen LogP contribution in [-0.2, 0) is 0 Å². The minimum atomic E-state index is -0.467. The molecule has 1 atom stereocenters. The molecule has 1 saturated heterocycles. The molecule has 1 unspecified atom stereocenters. The molecule has 0 bridgehead atoms.